The Morgan fingerprint density at radius 1 is 1.29 bits per heavy atom. The van der Waals surface area contributed by atoms with Crippen LogP contribution in [0.4, 0.5) is 8.78 Å². The molecule has 0 bridgehead atoms. The summed E-state index contributed by atoms with van der Waals surface area (Å²) in [5, 5.41) is 0.716. The highest BCUT2D eigenvalue weighted by Gasteiger charge is 2.10. The standard InChI is InChI=1S/C9H18BrF2NO/c1-2-6-14-7-5-13(4-3-10)8-9(11)12/h9H,2-8H2,1H3. The maximum atomic E-state index is 12.1. The number of hydrogen-bond acceptors (Lipinski definition) is 2. The summed E-state index contributed by atoms with van der Waals surface area (Å²) in [6.45, 7) is 4.32. The fourth-order valence-corrected chi connectivity index (χ4v) is 1.55. The highest BCUT2D eigenvalue weighted by atomic mass is 79.9. The largest absolute Gasteiger partial charge is 0.380 e. The van der Waals surface area contributed by atoms with E-state index in [0.29, 0.717) is 31.6 Å². The van der Waals surface area contributed by atoms with Crippen molar-refractivity contribution >= 4 is 15.9 Å². The molecule has 0 spiro atoms. The van der Waals surface area contributed by atoms with E-state index in [1.807, 2.05) is 6.92 Å². The van der Waals surface area contributed by atoms with Crippen molar-refractivity contribution in [2.75, 3.05) is 38.2 Å². The molecule has 0 heterocycles. The Balaban J connectivity index is 3.51. The number of nitrogens with zero attached hydrogens (tertiary/aromatic N) is 1. The Bertz CT molecular complexity index is 127. The van der Waals surface area contributed by atoms with Gasteiger partial charge in [-0.2, -0.15) is 0 Å². The van der Waals surface area contributed by atoms with Crippen molar-refractivity contribution in [3.63, 3.8) is 0 Å². The van der Waals surface area contributed by atoms with Crippen molar-refractivity contribution in [3.8, 4) is 0 Å². The van der Waals surface area contributed by atoms with E-state index in [9.17, 15) is 8.78 Å². The summed E-state index contributed by atoms with van der Waals surface area (Å²) in [4.78, 5) is 1.70. The molecule has 86 valence electrons. The summed E-state index contributed by atoms with van der Waals surface area (Å²) in [5.41, 5.74) is 0. The predicted molar refractivity (Wildman–Crippen MR) is 57.3 cm³/mol. The van der Waals surface area contributed by atoms with Gasteiger partial charge in [0.05, 0.1) is 13.2 Å². The predicted octanol–water partition coefficient (Wildman–Crippen LogP) is 2.38. The zero-order valence-electron chi connectivity index (χ0n) is 8.52. The molecule has 0 unspecified atom stereocenters. The normalized spacial score (nSPS) is 11.6. The van der Waals surface area contributed by atoms with Crippen LogP contribution in [0.25, 0.3) is 0 Å². The molecule has 2 nitrogen and oxygen atoms in total. The molecular formula is C9H18BrF2NO. The minimum absolute atomic E-state index is 0.166. The molecule has 0 rings (SSSR count). The smallest absolute Gasteiger partial charge is 0.251 e. The molecule has 5 heteroatoms. The van der Waals surface area contributed by atoms with Gasteiger partial charge in [0.1, 0.15) is 0 Å². The number of ether oxygens (including phenoxy) is 1. The quantitative estimate of drug-likeness (QED) is 0.473. The summed E-state index contributed by atoms with van der Waals surface area (Å²) in [5.74, 6) is 0. The van der Waals surface area contributed by atoms with Crippen molar-refractivity contribution in [1.82, 2.24) is 4.90 Å². The van der Waals surface area contributed by atoms with Crippen molar-refractivity contribution in [2.24, 2.45) is 0 Å². The van der Waals surface area contributed by atoms with Gasteiger partial charge < -0.3 is 4.74 Å². The van der Waals surface area contributed by atoms with E-state index in [4.69, 9.17) is 4.74 Å². The van der Waals surface area contributed by atoms with E-state index in [2.05, 4.69) is 15.9 Å². The fraction of sp³-hybridized carbons (Fsp3) is 1.00. The van der Waals surface area contributed by atoms with Gasteiger partial charge >= 0.3 is 0 Å². The summed E-state index contributed by atoms with van der Waals surface area (Å²) in [6.07, 6.45) is -1.30. The average Bonchev–Trinajstić information content (AvgIpc) is 2.12. The molecule has 0 N–H and O–H groups in total. The first-order valence-corrected chi connectivity index (χ1v) is 5.97. The van der Waals surface area contributed by atoms with Crippen LogP contribution in [-0.2, 0) is 4.74 Å². The SMILES string of the molecule is CCCOCCN(CCBr)CC(F)F. The second kappa shape index (κ2) is 9.80. The van der Waals surface area contributed by atoms with Crippen LogP contribution in [0.15, 0.2) is 0 Å². The average molecular weight is 274 g/mol. The molecule has 0 atom stereocenters. The van der Waals surface area contributed by atoms with Crippen LogP contribution in [0.2, 0.25) is 0 Å². The molecule has 0 aliphatic heterocycles. The highest BCUT2D eigenvalue weighted by Crippen LogP contribution is 1.99. The fourth-order valence-electron chi connectivity index (χ4n) is 1.05. The van der Waals surface area contributed by atoms with Crippen LogP contribution in [0.3, 0.4) is 0 Å². The molecule has 0 aromatic rings. The number of rotatable bonds is 9. The van der Waals surface area contributed by atoms with E-state index in [1.54, 1.807) is 4.90 Å². The maximum Gasteiger partial charge on any atom is 0.251 e. The molecule has 0 amide bonds. The van der Waals surface area contributed by atoms with Crippen LogP contribution >= 0.6 is 15.9 Å². The van der Waals surface area contributed by atoms with Crippen molar-refractivity contribution < 1.29 is 13.5 Å². The van der Waals surface area contributed by atoms with Gasteiger partial charge in [0, 0.05) is 25.0 Å². The summed E-state index contributed by atoms with van der Waals surface area (Å²) >= 11 is 3.24. The minimum atomic E-state index is -2.26. The first-order valence-electron chi connectivity index (χ1n) is 4.85. The van der Waals surface area contributed by atoms with Gasteiger partial charge in [0.25, 0.3) is 6.43 Å². The highest BCUT2D eigenvalue weighted by molar-refractivity contribution is 9.09. The van der Waals surface area contributed by atoms with Gasteiger partial charge in [0.2, 0.25) is 0 Å². The Labute approximate surface area is 92.7 Å². The van der Waals surface area contributed by atoms with Crippen LogP contribution in [-0.4, -0.2) is 49.5 Å². The van der Waals surface area contributed by atoms with E-state index >= 15 is 0 Å². The lowest BCUT2D eigenvalue weighted by molar-refractivity contribution is 0.0624. The zero-order valence-corrected chi connectivity index (χ0v) is 10.1. The Kier molecular flexibility index (Phi) is 9.98. The topological polar surface area (TPSA) is 12.5 Å². The van der Waals surface area contributed by atoms with E-state index < -0.39 is 6.43 Å². The van der Waals surface area contributed by atoms with Gasteiger partial charge in [0.15, 0.2) is 0 Å². The molecule has 0 aliphatic rings. The van der Waals surface area contributed by atoms with E-state index in [1.165, 1.54) is 0 Å². The van der Waals surface area contributed by atoms with Crippen molar-refractivity contribution in [2.45, 2.75) is 19.8 Å². The monoisotopic (exact) mass is 273 g/mol. The minimum Gasteiger partial charge on any atom is -0.380 e. The van der Waals surface area contributed by atoms with Crippen LogP contribution in [0.5, 0.6) is 0 Å². The molecule has 0 aromatic heterocycles. The molecule has 14 heavy (non-hydrogen) atoms. The van der Waals surface area contributed by atoms with Gasteiger partial charge in [-0.25, -0.2) is 8.78 Å². The zero-order chi connectivity index (χ0) is 10.8. The lowest BCUT2D eigenvalue weighted by atomic mass is 10.4. The Morgan fingerprint density at radius 3 is 2.50 bits per heavy atom. The first-order chi connectivity index (χ1) is 6.70. The first kappa shape index (κ1) is 14.3. The second-order valence-electron chi connectivity index (χ2n) is 2.99. The molecular weight excluding hydrogens is 256 g/mol. The third kappa shape index (κ3) is 8.84. The molecule has 0 radical (unpaired) electrons. The lowest BCUT2D eigenvalue weighted by Crippen LogP contribution is -2.33. The maximum absolute atomic E-state index is 12.1. The van der Waals surface area contributed by atoms with Crippen molar-refractivity contribution in [1.29, 1.82) is 0 Å². The molecule has 0 aromatic carbocycles. The third-order valence-electron chi connectivity index (χ3n) is 1.70. The Morgan fingerprint density at radius 2 is 2.00 bits per heavy atom. The second-order valence-corrected chi connectivity index (χ2v) is 3.79. The number of alkyl halides is 3. The molecule has 0 aliphatic carbocycles. The molecule has 0 saturated heterocycles. The van der Waals surface area contributed by atoms with Gasteiger partial charge in [-0.3, -0.25) is 4.90 Å². The Hall–Kier alpha value is 0.260. The van der Waals surface area contributed by atoms with Crippen LogP contribution in [0.1, 0.15) is 13.3 Å². The van der Waals surface area contributed by atoms with Gasteiger partial charge in [-0.05, 0) is 6.42 Å². The third-order valence-corrected chi connectivity index (χ3v) is 2.05. The molecule has 0 saturated carbocycles. The lowest BCUT2D eigenvalue weighted by Gasteiger charge is -2.20. The van der Waals surface area contributed by atoms with Crippen LogP contribution < -0.4 is 0 Å². The summed E-state index contributed by atoms with van der Waals surface area (Å²) in [6, 6.07) is 0. The van der Waals surface area contributed by atoms with Crippen molar-refractivity contribution in [3.05, 3.63) is 0 Å². The number of halogens is 3. The van der Waals surface area contributed by atoms with E-state index in [-0.39, 0.29) is 6.54 Å². The summed E-state index contributed by atoms with van der Waals surface area (Å²) in [7, 11) is 0. The van der Waals surface area contributed by atoms with E-state index in [0.717, 1.165) is 6.42 Å². The summed E-state index contributed by atoms with van der Waals surface area (Å²) < 4.78 is 29.4. The number of hydrogen-bond donors (Lipinski definition) is 0. The van der Waals surface area contributed by atoms with Gasteiger partial charge in [-0.15, -0.1) is 0 Å². The van der Waals surface area contributed by atoms with Gasteiger partial charge in [-0.1, -0.05) is 22.9 Å². The van der Waals surface area contributed by atoms with Crippen LogP contribution in [0, 0.1) is 0 Å². The molecule has 0 fully saturated rings.